The molecule has 0 bridgehead atoms. The smallest absolute Gasteiger partial charge is 0.255 e. The van der Waals surface area contributed by atoms with Gasteiger partial charge in [0, 0.05) is 38.0 Å². The van der Waals surface area contributed by atoms with Gasteiger partial charge in [0.25, 0.3) is 11.5 Å². The Kier molecular flexibility index (Phi) is 6.18. The zero-order chi connectivity index (χ0) is 22.7. The Morgan fingerprint density at radius 3 is 2.66 bits per heavy atom. The molecule has 0 radical (unpaired) electrons. The molecule has 2 aromatic heterocycles. The van der Waals surface area contributed by atoms with Gasteiger partial charge in [0.2, 0.25) is 5.91 Å². The maximum atomic E-state index is 13.4. The molecule has 1 unspecified atom stereocenters. The van der Waals surface area contributed by atoms with Crippen molar-refractivity contribution in [2.75, 3.05) is 32.0 Å². The summed E-state index contributed by atoms with van der Waals surface area (Å²) in [7, 11) is 2.03. The molecule has 0 saturated carbocycles. The second-order valence-corrected chi connectivity index (χ2v) is 7.94. The van der Waals surface area contributed by atoms with E-state index in [1.165, 1.54) is 22.9 Å². The molecule has 3 aromatic rings. The molecule has 1 fully saturated rings. The Balaban J connectivity index is 1.54. The van der Waals surface area contributed by atoms with Crippen molar-refractivity contribution in [2.45, 2.75) is 19.5 Å². The first-order valence-corrected chi connectivity index (χ1v) is 10.4. The number of hydrogen-bond donors (Lipinski definition) is 1. The summed E-state index contributed by atoms with van der Waals surface area (Å²) in [5.74, 6) is 0.223. The van der Waals surface area contributed by atoms with Crippen LogP contribution in [0, 0.1) is 6.92 Å². The van der Waals surface area contributed by atoms with Crippen LogP contribution >= 0.6 is 0 Å². The van der Waals surface area contributed by atoms with Crippen molar-refractivity contribution in [3.8, 4) is 0 Å². The van der Waals surface area contributed by atoms with Gasteiger partial charge < -0.3 is 24.2 Å². The first-order valence-electron chi connectivity index (χ1n) is 10.4. The molecule has 166 valence electrons. The lowest BCUT2D eigenvalue weighted by Gasteiger charge is -2.40. The van der Waals surface area contributed by atoms with Crippen LogP contribution in [-0.2, 0) is 11.3 Å². The number of aromatic nitrogens is 2. The number of amides is 2. The highest BCUT2D eigenvalue weighted by Crippen LogP contribution is 2.26. The van der Waals surface area contributed by atoms with E-state index in [1.807, 2.05) is 42.3 Å². The van der Waals surface area contributed by atoms with Crippen molar-refractivity contribution in [1.29, 1.82) is 0 Å². The number of carbonyl (C=O) groups is 2. The van der Waals surface area contributed by atoms with E-state index < -0.39 is 5.91 Å². The van der Waals surface area contributed by atoms with E-state index in [9.17, 15) is 14.4 Å². The van der Waals surface area contributed by atoms with Crippen LogP contribution in [0.3, 0.4) is 0 Å². The van der Waals surface area contributed by atoms with Gasteiger partial charge >= 0.3 is 0 Å². The highest BCUT2D eigenvalue weighted by Gasteiger charge is 2.31. The van der Waals surface area contributed by atoms with Gasteiger partial charge in [-0.15, -0.1) is 0 Å². The predicted octanol–water partition coefficient (Wildman–Crippen LogP) is 1.91. The van der Waals surface area contributed by atoms with E-state index in [1.54, 1.807) is 13.0 Å². The van der Waals surface area contributed by atoms with Crippen molar-refractivity contribution in [3.05, 3.63) is 82.0 Å². The monoisotopic (exact) mass is 435 g/mol. The average Bonchev–Trinajstić information content (AvgIpc) is 3.19. The predicted molar refractivity (Wildman–Crippen MR) is 118 cm³/mol. The van der Waals surface area contributed by atoms with Crippen LogP contribution < -0.4 is 10.9 Å². The molecule has 1 aliphatic heterocycles. The summed E-state index contributed by atoms with van der Waals surface area (Å²) in [6.45, 7) is 3.52. The SMILES string of the molecule is Cc1cc(NC(=O)Cn2cc(C(=O)N3CCN(C)CC3c3ccccc3)ccc2=O)no1. The minimum absolute atomic E-state index is 0.0958. The molecule has 1 atom stereocenters. The summed E-state index contributed by atoms with van der Waals surface area (Å²) in [6.07, 6.45) is 1.44. The third-order valence-electron chi connectivity index (χ3n) is 5.47. The number of benzene rings is 1. The second kappa shape index (κ2) is 9.19. The van der Waals surface area contributed by atoms with Crippen molar-refractivity contribution >= 4 is 17.6 Å². The van der Waals surface area contributed by atoms with Crippen LogP contribution in [0.15, 0.2) is 64.0 Å². The van der Waals surface area contributed by atoms with Crippen molar-refractivity contribution < 1.29 is 14.1 Å². The van der Waals surface area contributed by atoms with Gasteiger partial charge in [-0.05, 0) is 25.6 Å². The number of anilines is 1. The number of aryl methyl sites for hydroxylation is 1. The van der Waals surface area contributed by atoms with E-state index in [4.69, 9.17) is 4.52 Å². The molecule has 9 nitrogen and oxygen atoms in total. The van der Waals surface area contributed by atoms with Gasteiger partial charge in [0.1, 0.15) is 12.3 Å². The molecule has 2 amide bonds. The number of nitrogens with one attached hydrogen (secondary N) is 1. The number of nitrogens with zero attached hydrogens (tertiary/aromatic N) is 4. The lowest BCUT2D eigenvalue weighted by Crippen LogP contribution is -2.49. The lowest BCUT2D eigenvalue weighted by molar-refractivity contribution is -0.116. The third kappa shape index (κ3) is 4.78. The molecule has 0 spiro atoms. The summed E-state index contributed by atoms with van der Waals surface area (Å²) in [5.41, 5.74) is 1.05. The molecular formula is C23H25N5O4. The van der Waals surface area contributed by atoms with Crippen LogP contribution in [-0.4, -0.2) is 58.0 Å². The van der Waals surface area contributed by atoms with Gasteiger partial charge in [-0.3, -0.25) is 14.4 Å². The molecule has 1 aromatic carbocycles. The zero-order valence-corrected chi connectivity index (χ0v) is 18.0. The fourth-order valence-electron chi connectivity index (χ4n) is 3.83. The van der Waals surface area contributed by atoms with E-state index in [0.717, 1.165) is 18.7 Å². The van der Waals surface area contributed by atoms with E-state index in [2.05, 4.69) is 15.4 Å². The standard InChI is InChI=1S/C23H25N5O4/c1-16-12-20(25-32-16)24-21(29)15-27-13-18(8-9-22(27)30)23(31)28-11-10-26(2)14-19(28)17-6-4-3-5-7-17/h3-9,12-13,19H,10-11,14-15H2,1-2H3,(H,24,25,29). The number of likely N-dealkylation sites (N-methyl/N-ethyl adjacent to an activating group) is 1. The van der Waals surface area contributed by atoms with Gasteiger partial charge in [-0.25, -0.2) is 0 Å². The summed E-state index contributed by atoms with van der Waals surface area (Å²) < 4.78 is 6.15. The van der Waals surface area contributed by atoms with Crippen LogP contribution in [0.25, 0.3) is 0 Å². The molecular weight excluding hydrogens is 410 g/mol. The fraction of sp³-hybridized carbons (Fsp3) is 0.304. The molecule has 0 aliphatic carbocycles. The average molecular weight is 435 g/mol. The summed E-state index contributed by atoms with van der Waals surface area (Å²) in [5, 5.41) is 6.29. The molecule has 9 heteroatoms. The molecule has 32 heavy (non-hydrogen) atoms. The largest absolute Gasteiger partial charge is 0.360 e. The maximum Gasteiger partial charge on any atom is 0.255 e. The van der Waals surface area contributed by atoms with Crippen LogP contribution in [0.1, 0.15) is 27.7 Å². The van der Waals surface area contributed by atoms with E-state index >= 15 is 0 Å². The van der Waals surface area contributed by atoms with Gasteiger partial charge in [0.15, 0.2) is 5.82 Å². The Morgan fingerprint density at radius 1 is 1.16 bits per heavy atom. The summed E-state index contributed by atoms with van der Waals surface area (Å²) >= 11 is 0. The second-order valence-electron chi connectivity index (χ2n) is 7.94. The summed E-state index contributed by atoms with van der Waals surface area (Å²) in [4.78, 5) is 42.1. The third-order valence-corrected chi connectivity index (χ3v) is 5.47. The molecule has 1 N–H and O–H groups in total. The highest BCUT2D eigenvalue weighted by molar-refractivity contribution is 5.94. The lowest BCUT2D eigenvalue weighted by atomic mass is 10.0. The Labute approximate surface area is 185 Å². The van der Waals surface area contributed by atoms with Crippen LogP contribution in [0.5, 0.6) is 0 Å². The number of pyridine rings is 1. The van der Waals surface area contributed by atoms with E-state index in [0.29, 0.717) is 17.9 Å². The Bertz CT molecular complexity index is 1170. The normalized spacial score (nSPS) is 16.7. The van der Waals surface area contributed by atoms with Crippen molar-refractivity contribution in [3.63, 3.8) is 0 Å². The van der Waals surface area contributed by atoms with Crippen molar-refractivity contribution in [2.24, 2.45) is 0 Å². The van der Waals surface area contributed by atoms with Gasteiger partial charge in [-0.1, -0.05) is 35.5 Å². The summed E-state index contributed by atoms with van der Waals surface area (Å²) in [6, 6.07) is 14.2. The minimum atomic E-state index is -0.438. The minimum Gasteiger partial charge on any atom is -0.360 e. The van der Waals surface area contributed by atoms with Crippen molar-refractivity contribution in [1.82, 2.24) is 19.5 Å². The number of carbonyl (C=O) groups excluding carboxylic acids is 2. The van der Waals surface area contributed by atoms with E-state index in [-0.39, 0.29) is 29.9 Å². The number of piperazine rings is 1. The maximum absolute atomic E-state index is 13.4. The first-order chi connectivity index (χ1) is 15.4. The van der Waals surface area contributed by atoms with Gasteiger partial charge in [0.05, 0.1) is 11.6 Å². The number of rotatable bonds is 5. The molecule has 1 saturated heterocycles. The molecule has 3 heterocycles. The molecule has 4 rings (SSSR count). The molecule has 1 aliphatic rings. The first kappa shape index (κ1) is 21.5. The Hall–Kier alpha value is -3.72. The van der Waals surface area contributed by atoms with Crippen LogP contribution in [0.4, 0.5) is 5.82 Å². The van der Waals surface area contributed by atoms with Crippen LogP contribution in [0.2, 0.25) is 0 Å². The van der Waals surface area contributed by atoms with Gasteiger partial charge in [-0.2, -0.15) is 0 Å². The highest BCUT2D eigenvalue weighted by atomic mass is 16.5. The topological polar surface area (TPSA) is 101 Å². The quantitative estimate of drug-likeness (QED) is 0.657. The Morgan fingerprint density at radius 2 is 1.94 bits per heavy atom. The number of hydrogen-bond acceptors (Lipinski definition) is 6. The fourth-order valence-corrected chi connectivity index (χ4v) is 3.83. The zero-order valence-electron chi connectivity index (χ0n) is 18.0.